The van der Waals surface area contributed by atoms with Crippen molar-refractivity contribution in [1.82, 2.24) is 19.7 Å². The second kappa shape index (κ2) is 8.34. The van der Waals surface area contributed by atoms with Crippen molar-refractivity contribution in [1.29, 1.82) is 0 Å². The first-order valence-electron chi connectivity index (χ1n) is 10.1. The summed E-state index contributed by atoms with van der Waals surface area (Å²) in [6.07, 6.45) is 5.57. The van der Waals surface area contributed by atoms with E-state index in [1.54, 1.807) is 17.7 Å². The highest BCUT2D eigenvalue weighted by atomic mass is 35.5. The molecule has 1 saturated heterocycles. The molecule has 4 heterocycles. The molecule has 0 radical (unpaired) electrons. The number of hydrogen-bond donors (Lipinski definition) is 1. The van der Waals surface area contributed by atoms with Crippen LogP contribution in [-0.2, 0) is 6.54 Å². The number of thiophene rings is 1. The summed E-state index contributed by atoms with van der Waals surface area (Å²) in [6, 6.07) is 12.1. The largest absolute Gasteiger partial charge is 0.394 e. The molecule has 154 valence electrons. The molecule has 1 fully saturated rings. The van der Waals surface area contributed by atoms with E-state index in [1.165, 1.54) is 10.6 Å². The second-order valence-electron chi connectivity index (χ2n) is 7.49. The molecule has 8 heteroatoms. The number of aromatic nitrogens is 4. The zero-order valence-corrected chi connectivity index (χ0v) is 18.0. The number of anilines is 1. The molecule has 0 atom stereocenters. The minimum Gasteiger partial charge on any atom is -0.394 e. The van der Waals surface area contributed by atoms with E-state index in [2.05, 4.69) is 32.1 Å². The molecule has 6 nitrogen and oxygen atoms in total. The smallest absolute Gasteiger partial charge is 0.150 e. The Balaban J connectivity index is 1.38. The van der Waals surface area contributed by atoms with Crippen LogP contribution < -0.4 is 4.90 Å². The predicted octanol–water partition coefficient (Wildman–Crippen LogP) is 4.58. The second-order valence-corrected chi connectivity index (χ2v) is 8.98. The summed E-state index contributed by atoms with van der Waals surface area (Å²) in [5.74, 6) is 1.48. The topological polar surface area (TPSA) is 67.1 Å². The van der Waals surface area contributed by atoms with E-state index in [0.717, 1.165) is 52.6 Å². The number of fused-ring (bicyclic) bond motifs is 1. The van der Waals surface area contributed by atoms with Crippen LogP contribution in [0.5, 0.6) is 0 Å². The molecule has 0 spiro atoms. The summed E-state index contributed by atoms with van der Waals surface area (Å²) < 4.78 is 3.06. The van der Waals surface area contributed by atoms with Crippen LogP contribution >= 0.6 is 22.9 Å². The van der Waals surface area contributed by atoms with Gasteiger partial charge in [-0.2, -0.15) is 5.10 Å². The number of nitrogens with zero attached hydrogens (tertiary/aromatic N) is 5. The molecule has 1 aliphatic rings. The number of hydrogen-bond acceptors (Lipinski definition) is 6. The van der Waals surface area contributed by atoms with E-state index >= 15 is 0 Å². The maximum absolute atomic E-state index is 9.26. The average molecular weight is 440 g/mol. The van der Waals surface area contributed by atoms with Gasteiger partial charge in [0.1, 0.15) is 12.1 Å². The fourth-order valence-electron chi connectivity index (χ4n) is 4.18. The maximum Gasteiger partial charge on any atom is 0.150 e. The summed E-state index contributed by atoms with van der Waals surface area (Å²) in [5, 5.41) is 14.4. The van der Waals surface area contributed by atoms with Gasteiger partial charge in [0.2, 0.25) is 0 Å². The Kier molecular flexibility index (Phi) is 5.41. The lowest BCUT2D eigenvalue weighted by Gasteiger charge is -2.33. The molecular formula is C22H22ClN5OS. The monoisotopic (exact) mass is 439 g/mol. The zero-order chi connectivity index (χ0) is 20.5. The van der Waals surface area contributed by atoms with Gasteiger partial charge in [-0.1, -0.05) is 23.7 Å². The molecule has 30 heavy (non-hydrogen) atoms. The van der Waals surface area contributed by atoms with Gasteiger partial charge in [0.05, 0.1) is 23.4 Å². The summed E-state index contributed by atoms with van der Waals surface area (Å²) in [6.45, 7) is 2.54. The molecule has 1 aromatic carbocycles. The van der Waals surface area contributed by atoms with E-state index in [1.807, 2.05) is 35.1 Å². The standard InChI is InChI=1S/C22H22ClN5OS/c23-17-3-1-16(2-4-17)20-13-18-21(30-20)22(25-14-24-18)27-9-6-15(7-10-27)19-5-8-26-28(19)11-12-29/h1-5,8,13-15,29H,6-7,9-12H2. The number of benzene rings is 1. The number of aliphatic hydroxyl groups is 1. The number of halogens is 1. The first-order valence-corrected chi connectivity index (χ1v) is 11.3. The normalized spacial score (nSPS) is 15.2. The summed E-state index contributed by atoms with van der Waals surface area (Å²) in [7, 11) is 0. The lowest BCUT2D eigenvalue weighted by molar-refractivity contribution is 0.265. The van der Waals surface area contributed by atoms with Crippen molar-refractivity contribution in [3.05, 3.63) is 59.6 Å². The van der Waals surface area contributed by atoms with Crippen LogP contribution in [0.1, 0.15) is 24.5 Å². The summed E-state index contributed by atoms with van der Waals surface area (Å²) in [4.78, 5) is 12.7. The van der Waals surface area contributed by atoms with Crippen LogP contribution in [0.25, 0.3) is 20.7 Å². The van der Waals surface area contributed by atoms with Gasteiger partial charge in [-0.25, -0.2) is 9.97 Å². The molecule has 0 saturated carbocycles. The number of piperidine rings is 1. The van der Waals surface area contributed by atoms with Crippen LogP contribution in [0.2, 0.25) is 5.02 Å². The third-order valence-electron chi connectivity index (χ3n) is 5.70. The van der Waals surface area contributed by atoms with Gasteiger partial charge in [-0.15, -0.1) is 11.3 Å². The third kappa shape index (κ3) is 3.69. The van der Waals surface area contributed by atoms with Crippen LogP contribution in [-0.4, -0.2) is 44.6 Å². The Labute approximate surface area is 183 Å². The van der Waals surface area contributed by atoms with Crippen molar-refractivity contribution in [3.8, 4) is 10.4 Å². The fraction of sp³-hybridized carbons (Fsp3) is 0.318. The molecule has 0 amide bonds. The van der Waals surface area contributed by atoms with E-state index < -0.39 is 0 Å². The Bertz CT molecular complexity index is 1150. The van der Waals surface area contributed by atoms with Gasteiger partial charge in [0.25, 0.3) is 0 Å². The van der Waals surface area contributed by atoms with Gasteiger partial charge in [-0.05, 0) is 42.7 Å². The van der Waals surface area contributed by atoms with Gasteiger partial charge < -0.3 is 10.0 Å². The molecule has 1 aliphatic heterocycles. The molecule has 3 aromatic heterocycles. The van der Waals surface area contributed by atoms with Crippen LogP contribution in [0.4, 0.5) is 5.82 Å². The quantitative estimate of drug-likeness (QED) is 0.492. The van der Waals surface area contributed by atoms with Crippen molar-refractivity contribution in [2.75, 3.05) is 24.6 Å². The van der Waals surface area contributed by atoms with E-state index in [4.69, 9.17) is 11.6 Å². The molecule has 5 rings (SSSR count). The Hall–Kier alpha value is -2.48. The predicted molar refractivity (Wildman–Crippen MR) is 121 cm³/mol. The van der Waals surface area contributed by atoms with Crippen molar-refractivity contribution < 1.29 is 5.11 Å². The van der Waals surface area contributed by atoms with Crippen molar-refractivity contribution in [2.24, 2.45) is 0 Å². The van der Waals surface area contributed by atoms with Crippen molar-refractivity contribution >= 4 is 39.0 Å². The number of aliphatic hydroxyl groups excluding tert-OH is 1. The zero-order valence-electron chi connectivity index (χ0n) is 16.4. The molecular weight excluding hydrogens is 418 g/mol. The molecule has 0 unspecified atom stereocenters. The van der Waals surface area contributed by atoms with Crippen molar-refractivity contribution in [2.45, 2.75) is 25.3 Å². The Morgan fingerprint density at radius 3 is 2.67 bits per heavy atom. The van der Waals surface area contributed by atoms with Crippen LogP contribution in [0, 0.1) is 0 Å². The molecule has 0 aliphatic carbocycles. The van der Waals surface area contributed by atoms with Crippen LogP contribution in [0.15, 0.2) is 48.9 Å². The average Bonchev–Trinajstić information content (AvgIpc) is 3.41. The van der Waals surface area contributed by atoms with Crippen LogP contribution in [0.3, 0.4) is 0 Å². The lowest BCUT2D eigenvalue weighted by atomic mass is 9.93. The Morgan fingerprint density at radius 2 is 1.90 bits per heavy atom. The highest BCUT2D eigenvalue weighted by Gasteiger charge is 2.25. The van der Waals surface area contributed by atoms with Gasteiger partial charge in [-0.3, -0.25) is 4.68 Å². The third-order valence-corrected chi connectivity index (χ3v) is 7.12. The minimum absolute atomic E-state index is 0.112. The first kappa shape index (κ1) is 19.5. The molecule has 1 N–H and O–H groups in total. The highest BCUT2D eigenvalue weighted by Crippen LogP contribution is 2.39. The maximum atomic E-state index is 9.26. The van der Waals surface area contributed by atoms with Gasteiger partial charge >= 0.3 is 0 Å². The molecule has 0 bridgehead atoms. The summed E-state index contributed by atoms with van der Waals surface area (Å²) in [5.41, 5.74) is 3.35. The van der Waals surface area contributed by atoms with Gasteiger partial charge in [0, 0.05) is 40.8 Å². The number of rotatable bonds is 5. The first-order chi connectivity index (χ1) is 14.7. The SMILES string of the molecule is OCCn1nccc1C1CCN(c2ncnc3cc(-c4ccc(Cl)cc4)sc23)CC1. The lowest BCUT2D eigenvalue weighted by Crippen LogP contribution is -2.34. The summed E-state index contributed by atoms with van der Waals surface area (Å²) >= 11 is 7.77. The van der Waals surface area contributed by atoms with Crippen molar-refractivity contribution in [3.63, 3.8) is 0 Å². The Morgan fingerprint density at radius 1 is 1.10 bits per heavy atom. The fourth-order valence-corrected chi connectivity index (χ4v) is 5.44. The highest BCUT2D eigenvalue weighted by molar-refractivity contribution is 7.22. The molecule has 4 aromatic rings. The van der Waals surface area contributed by atoms with E-state index in [-0.39, 0.29) is 6.61 Å². The van der Waals surface area contributed by atoms with Gasteiger partial charge in [0.15, 0.2) is 0 Å². The van der Waals surface area contributed by atoms with E-state index in [0.29, 0.717) is 12.5 Å². The minimum atomic E-state index is 0.112. The van der Waals surface area contributed by atoms with E-state index in [9.17, 15) is 5.11 Å².